The number of primary amides is 1. The maximum Gasteiger partial charge on any atom is 0.258 e. The third kappa shape index (κ3) is 3.42. The number of anilines is 1. The Morgan fingerprint density at radius 1 is 1.05 bits per heavy atom. The molecule has 0 spiro atoms. The Morgan fingerprint density at radius 3 is 2.48 bits per heavy atom. The fourth-order valence-electron chi connectivity index (χ4n) is 1.85. The van der Waals surface area contributed by atoms with E-state index >= 15 is 0 Å². The van der Waals surface area contributed by atoms with Crippen molar-refractivity contribution >= 4 is 17.5 Å². The van der Waals surface area contributed by atoms with E-state index in [9.17, 15) is 18.4 Å². The number of nitrogens with one attached hydrogen (secondary N) is 1. The largest absolute Gasteiger partial charge is 0.369 e. The van der Waals surface area contributed by atoms with Crippen LogP contribution in [-0.2, 0) is 11.2 Å². The predicted molar refractivity (Wildman–Crippen MR) is 73.7 cm³/mol. The monoisotopic (exact) mass is 290 g/mol. The van der Waals surface area contributed by atoms with Crippen molar-refractivity contribution in [3.63, 3.8) is 0 Å². The molecule has 0 radical (unpaired) electrons. The summed E-state index contributed by atoms with van der Waals surface area (Å²) in [6.45, 7) is 0. The molecule has 2 rings (SSSR count). The zero-order valence-corrected chi connectivity index (χ0v) is 10.9. The van der Waals surface area contributed by atoms with Gasteiger partial charge >= 0.3 is 0 Å². The van der Waals surface area contributed by atoms with Crippen LogP contribution in [0.1, 0.15) is 15.9 Å². The van der Waals surface area contributed by atoms with Crippen LogP contribution in [0.2, 0.25) is 0 Å². The molecule has 0 heterocycles. The van der Waals surface area contributed by atoms with Gasteiger partial charge in [0.05, 0.1) is 12.0 Å². The van der Waals surface area contributed by atoms with Crippen LogP contribution < -0.4 is 11.1 Å². The van der Waals surface area contributed by atoms with Crippen LogP contribution in [0.3, 0.4) is 0 Å². The molecule has 2 aromatic carbocycles. The molecule has 2 aromatic rings. The van der Waals surface area contributed by atoms with Crippen LogP contribution in [0.5, 0.6) is 0 Å². The number of halogens is 2. The van der Waals surface area contributed by atoms with Gasteiger partial charge in [0.2, 0.25) is 5.91 Å². The number of nitrogens with two attached hydrogens (primary N) is 1. The normalized spacial score (nSPS) is 10.2. The third-order valence-electron chi connectivity index (χ3n) is 2.83. The van der Waals surface area contributed by atoms with Crippen molar-refractivity contribution in [2.45, 2.75) is 6.42 Å². The van der Waals surface area contributed by atoms with Gasteiger partial charge in [-0.15, -0.1) is 0 Å². The molecular formula is C15H12F2N2O2. The minimum Gasteiger partial charge on any atom is -0.369 e. The molecular weight excluding hydrogens is 278 g/mol. The Hall–Kier alpha value is -2.76. The van der Waals surface area contributed by atoms with E-state index in [0.717, 1.165) is 6.07 Å². The Morgan fingerprint density at radius 2 is 1.76 bits per heavy atom. The Kier molecular flexibility index (Phi) is 4.27. The van der Waals surface area contributed by atoms with Crippen LogP contribution in [0, 0.1) is 11.6 Å². The van der Waals surface area contributed by atoms with Crippen LogP contribution in [0.25, 0.3) is 0 Å². The maximum absolute atomic E-state index is 13.6. The highest BCUT2D eigenvalue weighted by atomic mass is 19.2. The first-order valence-corrected chi connectivity index (χ1v) is 6.10. The number of para-hydroxylation sites is 1. The van der Waals surface area contributed by atoms with E-state index in [0.29, 0.717) is 11.3 Å². The first kappa shape index (κ1) is 14.6. The molecule has 4 nitrogen and oxygen atoms in total. The summed E-state index contributed by atoms with van der Waals surface area (Å²) < 4.78 is 26.7. The number of carbonyl (C=O) groups excluding carboxylic acids is 2. The first-order valence-electron chi connectivity index (χ1n) is 6.10. The summed E-state index contributed by atoms with van der Waals surface area (Å²) in [5, 5.41) is 2.45. The van der Waals surface area contributed by atoms with E-state index in [2.05, 4.69) is 5.32 Å². The lowest BCUT2D eigenvalue weighted by molar-refractivity contribution is -0.117. The van der Waals surface area contributed by atoms with Gasteiger partial charge in [0.25, 0.3) is 5.91 Å². The molecule has 0 fully saturated rings. The third-order valence-corrected chi connectivity index (χ3v) is 2.83. The molecule has 3 N–H and O–H groups in total. The average Bonchev–Trinajstić information content (AvgIpc) is 2.43. The van der Waals surface area contributed by atoms with Gasteiger partial charge in [0.1, 0.15) is 0 Å². The van der Waals surface area contributed by atoms with Gasteiger partial charge in [-0.05, 0) is 23.8 Å². The molecule has 0 aliphatic rings. The quantitative estimate of drug-likeness (QED) is 0.906. The van der Waals surface area contributed by atoms with Crippen LogP contribution in [0.15, 0.2) is 42.5 Å². The van der Waals surface area contributed by atoms with E-state index in [1.165, 1.54) is 12.1 Å². The molecule has 0 aliphatic heterocycles. The molecule has 0 aliphatic carbocycles. The van der Waals surface area contributed by atoms with E-state index in [-0.39, 0.29) is 6.42 Å². The zero-order chi connectivity index (χ0) is 15.4. The fourth-order valence-corrected chi connectivity index (χ4v) is 1.85. The van der Waals surface area contributed by atoms with Crippen molar-refractivity contribution in [3.8, 4) is 0 Å². The van der Waals surface area contributed by atoms with E-state index in [4.69, 9.17) is 5.73 Å². The second-order valence-electron chi connectivity index (χ2n) is 4.36. The van der Waals surface area contributed by atoms with Crippen LogP contribution >= 0.6 is 0 Å². The van der Waals surface area contributed by atoms with Crippen molar-refractivity contribution in [2.24, 2.45) is 5.73 Å². The lowest BCUT2D eigenvalue weighted by Crippen LogP contribution is -2.18. The molecule has 0 unspecified atom stereocenters. The first-order chi connectivity index (χ1) is 9.99. The second kappa shape index (κ2) is 6.13. The molecule has 0 bridgehead atoms. The highest BCUT2D eigenvalue weighted by molar-refractivity contribution is 6.05. The summed E-state index contributed by atoms with van der Waals surface area (Å²) in [6.07, 6.45) is -0.0674. The van der Waals surface area contributed by atoms with Crippen LogP contribution in [-0.4, -0.2) is 11.8 Å². The van der Waals surface area contributed by atoms with Crippen molar-refractivity contribution < 1.29 is 18.4 Å². The van der Waals surface area contributed by atoms with Gasteiger partial charge in [-0.1, -0.05) is 24.3 Å². The van der Waals surface area contributed by atoms with E-state index in [1.54, 1.807) is 24.3 Å². The van der Waals surface area contributed by atoms with Crippen molar-refractivity contribution in [2.75, 3.05) is 5.32 Å². The second-order valence-corrected chi connectivity index (χ2v) is 4.36. The molecule has 6 heteroatoms. The van der Waals surface area contributed by atoms with E-state index < -0.39 is 29.0 Å². The molecule has 0 atom stereocenters. The lowest BCUT2D eigenvalue weighted by atomic mass is 10.1. The van der Waals surface area contributed by atoms with Gasteiger partial charge in [-0.3, -0.25) is 9.59 Å². The minimum absolute atomic E-state index is 0.0674. The van der Waals surface area contributed by atoms with Crippen molar-refractivity contribution in [1.29, 1.82) is 0 Å². The Labute approximate surface area is 119 Å². The zero-order valence-electron chi connectivity index (χ0n) is 10.9. The SMILES string of the molecule is NC(=O)Cc1ccccc1NC(=O)c1cccc(F)c1F. The number of rotatable bonds is 4. The molecule has 0 saturated heterocycles. The number of carbonyl (C=O) groups is 2. The molecule has 0 saturated carbocycles. The van der Waals surface area contributed by atoms with Gasteiger partial charge in [-0.2, -0.15) is 0 Å². The summed E-state index contributed by atoms with van der Waals surface area (Å²) in [5.74, 6) is -3.69. The number of amides is 2. The minimum atomic E-state index is -1.22. The maximum atomic E-state index is 13.6. The summed E-state index contributed by atoms with van der Waals surface area (Å²) in [5.41, 5.74) is 5.52. The standard InChI is InChI=1S/C15H12F2N2O2/c16-11-6-3-5-10(14(11)17)15(21)19-12-7-2-1-4-9(12)8-13(18)20/h1-7H,8H2,(H2,18,20)(H,19,21). The molecule has 0 aromatic heterocycles. The number of benzene rings is 2. The molecule has 21 heavy (non-hydrogen) atoms. The predicted octanol–water partition coefficient (Wildman–Crippen LogP) is 2.24. The number of hydrogen-bond acceptors (Lipinski definition) is 2. The average molecular weight is 290 g/mol. The van der Waals surface area contributed by atoms with Crippen molar-refractivity contribution in [3.05, 3.63) is 65.2 Å². The van der Waals surface area contributed by atoms with Gasteiger partial charge in [0, 0.05) is 5.69 Å². The highest BCUT2D eigenvalue weighted by Crippen LogP contribution is 2.18. The van der Waals surface area contributed by atoms with E-state index in [1.807, 2.05) is 0 Å². The fraction of sp³-hybridized carbons (Fsp3) is 0.0667. The molecule has 108 valence electrons. The topological polar surface area (TPSA) is 72.2 Å². The smallest absolute Gasteiger partial charge is 0.258 e. The Bertz CT molecular complexity index is 702. The lowest BCUT2D eigenvalue weighted by Gasteiger charge is -2.10. The van der Waals surface area contributed by atoms with Gasteiger partial charge < -0.3 is 11.1 Å². The van der Waals surface area contributed by atoms with Crippen molar-refractivity contribution in [1.82, 2.24) is 0 Å². The van der Waals surface area contributed by atoms with Gasteiger partial charge in [-0.25, -0.2) is 8.78 Å². The highest BCUT2D eigenvalue weighted by Gasteiger charge is 2.16. The summed E-state index contributed by atoms with van der Waals surface area (Å²) in [4.78, 5) is 23.0. The molecule has 2 amide bonds. The summed E-state index contributed by atoms with van der Waals surface area (Å²) >= 11 is 0. The van der Waals surface area contributed by atoms with Gasteiger partial charge in [0.15, 0.2) is 11.6 Å². The van der Waals surface area contributed by atoms with Crippen LogP contribution in [0.4, 0.5) is 14.5 Å². The summed E-state index contributed by atoms with van der Waals surface area (Å²) in [7, 11) is 0. The summed E-state index contributed by atoms with van der Waals surface area (Å²) in [6, 6.07) is 9.81. The Balaban J connectivity index is 2.28. The number of hydrogen-bond donors (Lipinski definition) is 2.